The molecule has 1 saturated heterocycles. The molecule has 0 aromatic heterocycles. The van der Waals surface area contributed by atoms with Crippen LogP contribution in [0.15, 0.2) is 18.2 Å². The molecule has 1 aromatic carbocycles. The lowest BCUT2D eigenvalue weighted by Crippen LogP contribution is -2.51. The van der Waals surface area contributed by atoms with Crippen molar-refractivity contribution < 1.29 is 4.79 Å². The minimum atomic E-state index is 0. The summed E-state index contributed by atoms with van der Waals surface area (Å²) in [5, 5.41) is 3.34. The Bertz CT molecular complexity index is 434. The molecule has 0 unspecified atom stereocenters. The van der Waals surface area contributed by atoms with Crippen LogP contribution < -0.4 is 5.32 Å². The first-order valence-electron chi connectivity index (χ1n) is 6.18. The summed E-state index contributed by atoms with van der Waals surface area (Å²) in [5.74, 6) is 0.154. The van der Waals surface area contributed by atoms with Gasteiger partial charge in [0, 0.05) is 31.2 Å². The Kier molecular flexibility index (Phi) is 5.17. The zero-order valence-electron chi connectivity index (χ0n) is 11.2. The van der Waals surface area contributed by atoms with E-state index >= 15 is 0 Å². The number of piperazine rings is 1. The molecule has 1 aliphatic rings. The Morgan fingerprint density at radius 2 is 2.06 bits per heavy atom. The fraction of sp³-hybridized carbons (Fsp3) is 0.500. The molecule has 0 aliphatic carbocycles. The lowest BCUT2D eigenvalue weighted by atomic mass is 10.0. The van der Waals surface area contributed by atoms with Crippen LogP contribution in [0.25, 0.3) is 0 Å². The van der Waals surface area contributed by atoms with Crippen molar-refractivity contribution in [1.82, 2.24) is 10.2 Å². The van der Waals surface area contributed by atoms with Gasteiger partial charge >= 0.3 is 0 Å². The SMILES string of the molecule is Cc1ccc(C(=O)N2CCN[C@H](C)C2)cc1C.Cl. The molecule has 1 heterocycles. The van der Waals surface area contributed by atoms with Crippen LogP contribution in [0, 0.1) is 13.8 Å². The molecule has 100 valence electrons. The number of hydrogen-bond donors (Lipinski definition) is 1. The van der Waals surface area contributed by atoms with Crippen LogP contribution in [-0.2, 0) is 0 Å². The summed E-state index contributed by atoms with van der Waals surface area (Å²) in [7, 11) is 0. The lowest BCUT2D eigenvalue weighted by Gasteiger charge is -2.32. The number of amides is 1. The van der Waals surface area contributed by atoms with Crippen LogP contribution in [0.2, 0.25) is 0 Å². The van der Waals surface area contributed by atoms with Crippen molar-refractivity contribution in [3.05, 3.63) is 34.9 Å². The highest BCUT2D eigenvalue weighted by molar-refractivity contribution is 5.94. The number of rotatable bonds is 1. The minimum Gasteiger partial charge on any atom is -0.336 e. The van der Waals surface area contributed by atoms with E-state index in [0.29, 0.717) is 6.04 Å². The van der Waals surface area contributed by atoms with Gasteiger partial charge in [0.25, 0.3) is 5.91 Å². The van der Waals surface area contributed by atoms with Crippen molar-refractivity contribution in [1.29, 1.82) is 0 Å². The van der Waals surface area contributed by atoms with Crippen molar-refractivity contribution in [2.75, 3.05) is 19.6 Å². The molecule has 0 spiro atoms. The largest absolute Gasteiger partial charge is 0.336 e. The number of carbonyl (C=O) groups excluding carboxylic acids is 1. The van der Waals surface area contributed by atoms with Crippen LogP contribution in [-0.4, -0.2) is 36.5 Å². The van der Waals surface area contributed by atoms with Gasteiger partial charge in [-0.05, 0) is 44.0 Å². The van der Waals surface area contributed by atoms with E-state index in [9.17, 15) is 4.79 Å². The maximum absolute atomic E-state index is 12.3. The number of benzene rings is 1. The first-order valence-corrected chi connectivity index (χ1v) is 6.18. The molecule has 1 aromatic rings. The Morgan fingerprint density at radius 1 is 1.33 bits per heavy atom. The fourth-order valence-corrected chi connectivity index (χ4v) is 2.17. The summed E-state index contributed by atoms with van der Waals surface area (Å²) in [6.07, 6.45) is 0. The van der Waals surface area contributed by atoms with Crippen molar-refractivity contribution in [2.45, 2.75) is 26.8 Å². The molecular weight excluding hydrogens is 248 g/mol. The molecule has 0 radical (unpaired) electrons. The number of carbonyl (C=O) groups is 1. The number of nitrogens with one attached hydrogen (secondary N) is 1. The summed E-state index contributed by atoms with van der Waals surface area (Å²) in [6.45, 7) is 8.71. The first kappa shape index (κ1) is 15.0. The van der Waals surface area contributed by atoms with E-state index in [1.54, 1.807) is 0 Å². The maximum Gasteiger partial charge on any atom is 0.253 e. The van der Waals surface area contributed by atoms with Crippen LogP contribution in [0.4, 0.5) is 0 Å². The first-order chi connectivity index (χ1) is 8.08. The monoisotopic (exact) mass is 268 g/mol. The minimum absolute atomic E-state index is 0. The van der Waals surface area contributed by atoms with Gasteiger partial charge in [0.05, 0.1) is 0 Å². The van der Waals surface area contributed by atoms with Gasteiger partial charge in [0.1, 0.15) is 0 Å². The second-order valence-electron chi connectivity index (χ2n) is 4.91. The zero-order valence-corrected chi connectivity index (χ0v) is 12.0. The van der Waals surface area contributed by atoms with Crippen LogP contribution in [0.5, 0.6) is 0 Å². The van der Waals surface area contributed by atoms with Gasteiger partial charge in [-0.2, -0.15) is 0 Å². The highest BCUT2D eigenvalue weighted by atomic mass is 35.5. The molecule has 1 N–H and O–H groups in total. The fourth-order valence-electron chi connectivity index (χ4n) is 2.17. The molecule has 1 aliphatic heterocycles. The molecule has 18 heavy (non-hydrogen) atoms. The molecule has 1 atom stereocenters. The average Bonchev–Trinajstić information content (AvgIpc) is 2.32. The topological polar surface area (TPSA) is 32.3 Å². The molecule has 1 amide bonds. The average molecular weight is 269 g/mol. The normalized spacial score (nSPS) is 19.3. The third kappa shape index (κ3) is 3.24. The highest BCUT2D eigenvalue weighted by Crippen LogP contribution is 2.13. The van der Waals surface area contributed by atoms with Crippen molar-refractivity contribution in [3.63, 3.8) is 0 Å². The van der Waals surface area contributed by atoms with Gasteiger partial charge in [-0.15, -0.1) is 12.4 Å². The van der Waals surface area contributed by atoms with Gasteiger partial charge in [0.15, 0.2) is 0 Å². The van der Waals surface area contributed by atoms with Crippen LogP contribution >= 0.6 is 12.4 Å². The molecule has 2 rings (SSSR count). The van der Waals surface area contributed by atoms with Gasteiger partial charge in [0.2, 0.25) is 0 Å². The highest BCUT2D eigenvalue weighted by Gasteiger charge is 2.21. The van der Waals surface area contributed by atoms with E-state index in [-0.39, 0.29) is 18.3 Å². The maximum atomic E-state index is 12.3. The Labute approximate surface area is 115 Å². The Hall–Kier alpha value is -1.06. The Morgan fingerprint density at radius 3 is 2.67 bits per heavy atom. The lowest BCUT2D eigenvalue weighted by molar-refractivity contribution is 0.0709. The van der Waals surface area contributed by atoms with Gasteiger partial charge < -0.3 is 10.2 Å². The standard InChI is InChI=1S/C14H20N2O.ClH/c1-10-4-5-13(8-11(10)2)14(17)16-7-6-15-12(3)9-16;/h4-5,8,12,15H,6-7,9H2,1-3H3;1H/t12-;/m1./s1. The third-order valence-electron chi connectivity index (χ3n) is 3.41. The number of aryl methyl sites for hydroxylation is 2. The molecular formula is C14H21ClN2O. The van der Waals surface area contributed by atoms with E-state index in [0.717, 1.165) is 25.2 Å². The van der Waals surface area contributed by atoms with Crippen molar-refractivity contribution >= 4 is 18.3 Å². The molecule has 3 nitrogen and oxygen atoms in total. The van der Waals surface area contributed by atoms with E-state index in [2.05, 4.69) is 19.2 Å². The molecule has 4 heteroatoms. The molecule has 1 fully saturated rings. The van der Waals surface area contributed by atoms with E-state index < -0.39 is 0 Å². The van der Waals surface area contributed by atoms with Crippen LogP contribution in [0.1, 0.15) is 28.4 Å². The van der Waals surface area contributed by atoms with E-state index in [1.807, 2.05) is 30.0 Å². The summed E-state index contributed by atoms with van der Waals surface area (Å²) in [6, 6.07) is 6.33. The number of nitrogens with zero attached hydrogens (tertiary/aromatic N) is 1. The predicted molar refractivity (Wildman–Crippen MR) is 76.5 cm³/mol. The Balaban J connectivity index is 0.00000162. The summed E-state index contributed by atoms with van der Waals surface area (Å²) < 4.78 is 0. The number of hydrogen-bond acceptors (Lipinski definition) is 2. The second kappa shape index (κ2) is 6.21. The zero-order chi connectivity index (χ0) is 12.4. The molecule has 0 bridgehead atoms. The summed E-state index contributed by atoms with van der Waals surface area (Å²) >= 11 is 0. The van der Waals surface area contributed by atoms with Gasteiger partial charge in [-0.3, -0.25) is 4.79 Å². The van der Waals surface area contributed by atoms with E-state index in [1.165, 1.54) is 11.1 Å². The van der Waals surface area contributed by atoms with Gasteiger partial charge in [-0.25, -0.2) is 0 Å². The van der Waals surface area contributed by atoms with Gasteiger partial charge in [-0.1, -0.05) is 6.07 Å². The quantitative estimate of drug-likeness (QED) is 0.847. The molecule has 0 saturated carbocycles. The van der Waals surface area contributed by atoms with E-state index in [4.69, 9.17) is 0 Å². The summed E-state index contributed by atoms with van der Waals surface area (Å²) in [5.41, 5.74) is 3.22. The van der Waals surface area contributed by atoms with Crippen molar-refractivity contribution in [3.8, 4) is 0 Å². The van der Waals surface area contributed by atoms with Crippen LogP contribution in [0.3, 0.4) is 0 Å². The third-order valence-corrected chi connectivity index (χ3v) is 3.41. The number of halogens is 1. The smallest absolute Gasteiger partial charge is 0.253 e. The second-order valence-corrected chi connectivity index (χ2v) is 4.91. The van der Waals surface area contributed by atoms with Crippen molar-refractivity contribution in [2.24, 2.45) is 0 Å². The summed E-state index contributed by atoms with van der Waals surface area (Å²) in [4.78, 5) is 14.2. The predicted octanol–water partition coefficient (Wildman–Crippen LogP) is 2.16.